The van der Waals surface area contributed by atoms with Crippen molar-refractivity contribution in [3.63, 3.8) is 0 Å². The molecule has 8 heteroatoms. The third kappa shape index (κ3) is 5.26. The number of ether oxygens (including phenoxy) is 1. The van der Waals surface area contributed by atoms with Crippen molar-refractivity contribution in [2.24, 2.45) is 33.7 Å². The molecule has 0 aliphatic heterocycles. The van der Waals surface area contributed by atoms with Crippen LogP contribution >= 0.6 is 0 Å². The molecule has 1 amide bonds. The summed E-state index contributed by atoms with van der Waals surface area (Å²) in [6.07, 6.45) is 14.2. The van der Waals surface area contributed by atoms with Crippen LogP contribution in [-0.2, 0) is 19.2 Å². The van der Waals surface area contributed by atoms with Gasteiger partial charge in [0.25, 0.3) is 5.91 Å². The number of amides is 1. The molecule has 226 valence electrons. The molecule has 42 heavy (non-hydrogen) atoms. The van der Waals surface area contributed by atoms with Gasteiger partial charge in [-0.15, -0.1) is 6.42 Å². The van der Waals surface area contributed by atoms with Gasteiger partial charge in [-0.2, -0.15) is 0 Å². The van der Waals surface area contributed by atoms with E-state index in [1.807, 2.05) is 0 Å². The van der Waals surface area contributed by atoms with Crippen molar-refractivity contribution in [2.75, 3.05) is 13.2 Å². The van der Waals surface area contributed by atoms with Gasteiger partial charge < -0.3 is 25.1 Å². The SMILES string of the molecule is C#C[C@@]1(O)CC[C@@H]2[C@@H]3CCC4=C/C(=N/OCC(=O)N[C@H](C(=O)OCC)[C@@H](O)c5ccccc5)CC[C@]4(C)[C@@H]3CC[C@@]21C. The number of terminal acetylenes is 1. The van der Waals surface area contributed by atoms with Crippen LogP contribution in [0.5, 0.6) is 0 Å². The van der Waals surface area contributed by atoms with Crippen LogP contribution in [0.1, 0.15) is 83.8 Å². The number of aliphatic hydroxyl groups is 2. The minimum Gasteiger partial charge on any atom is -0.464 e. The number of esters is 1. The molecule has 0 aromatic heterocycles. The van der Waals surface area contributed by atoms with Crippen LogP contribution in [0.15, 0.2) is 47.1 Å². The van der Waals surface area contributed by atoms with Gasteiger partial charge in [0, 0.05) is 5.41 Å². The van der Waals surface area contributed by atoms with E-state index in [-0.39, 0.29) is 24.0 Å². The molecule has 5 rings (SSSR count). The number of aliphatic hydroxyl groups excluding tert-OH is 1. The number of oxime groups is 1. The second-order valence-electron chi connectivity index (χ2n) is 13.0. The Morgan fingerprint density at radius 2 is 1.86 bits per heavy atom. The molecular formula is C34H44N2O6. The lowest BCUT2D eigenvalue weighted by molar-refractivity contribution is -0.151. The first kappa shape index (κ1) is 30.3. The summed E-state index contributed by atoms with van der Waals surface area (Å²) in [5.41, 5.74) is 1.57. The zero-order valence-electron chi connectivity index (χ0n) is 25.0. The predicted molar refractivity (Wildman–Crippen MR) is 159 cm³/mol. The van der Waals surface area contributed by atoms with Gasteiger partial charge in [-0.25, -0.2) is 4.79 Å². The minimum absolute atomic E-state index is 0.0813. The maximum Gasteiger partial charge on any atom is 0.331 e. The molecular weight excluding hydrogens is 532 g/mol. The predicted octanol–water partition coefficient (Wildman–Crippen LogP) is 4.47. The van der Waals surface area contributed by atoms with Gasteiger partial charge in [0.1, 0.15) is 11.7 Å². The van der Waals surface area contributed by atoms with Crippen LogP contribution < -0.4 is 5.32 Å². The number of carbonyl (C=O) groups is 2. The van der Waals surface area contributed by atoms with Gasteiger partial charge in [0.2, 0.25) is 0 Å². The molecule has 4 aliphatic rings. The lowest BCUT2D eigenvalue weighted by atomic mass is 9.46. The van der Waals surface area contributed by atoms with Crippen LogP contribution in [-0.4, -0.2) is 52.7 Å². The molecule has 8 nitrogen and oxygen atoms in total. The van der Waals surface area contributed by atoms with E-state index in [0.717, 1.165) is 50.7 Å². The van der Waals surface area contributed by atoms with Crippen LogP contribution in [0, 0.1) is 40.9 Å². The molecule has 0 spiro atoms. The van der Waals surface area contributed by atoms with Crippen LogP contribution in [0.4, 0.5) is 0 Å². The lowest BCUT2D eigenvalue weighted by Gasteiger charge is -2.58. The zero-order chi connectivity index (χ0) is 30.1. The average molecular weight is 577 g/mol. The summed E-state index contributed by atoms with van der Waals surface area (Å²) >= 11 is 0. The monoisotopic (exact) mass is 576 g/mol. The Morgan fingerprint density at radius 1 is 1.12 bits per heavy atom. The molecule has 0 bridgehead atoms. The fourth-order valence-corrected chi connectivity index (χ4v) is 8.63. The Morgan fingerprint density at radius 3 is 2.57 bits per heavy atom. The van der Waals surface area contributed by atoms with E-state index in [4.69, 9.17) is 16.0 Å². The Kier molecular flexibility index (Phi) is 8.55. The molecule has 0 unspecified atom stereocenters. The summed E-state index contributed by atoms with van der Waals surface area (Å²) < 4.78 is 5.08. The maximum atomic E-state index is 12.7. The smallest absolute Gasteiger partial charge is 0.331 e. The number of allylic oxidation sites excluding steroid dienone is 2. The van der Waals surface area contributed by atoms with Crippen molar-refractivity contribution in [1.82, 2.24) is 5.32 Å². The van der Waals surface area contributed by atoms with Crippen molar-refractivity contribution in [3.8, 4) is 12.3 Å². The highest BCUT2D eigenvalue weighted by Gasteiger charge is 2.63. The number of nitrogens with zero attached hydrogens (tertiary/aromatic N) is 1. The van der Waals surface area contributed by atoms with E-state index in [0.29, 0.717) is 29.7 Å². The number of fused-ring (bicyclic) bond motifs is 5. The van der Waals surface area contributed by atoms with Gasteiger partial charge in [-0.05, 0) is 93.1 Å². The fraction of sp³-hybridized carbons (Fsp3) is 0.618. The molecule has 0 saturated heterocycles. The first-order valence-corrected chi connectivity index (χ1v) is 15.4. The molecule has 3 N–H and O–H groups in total. The minimum atomic E-state index is -1.27. The van der Waals surface area contributed by atoms with Crippen molar-refractivity contribution < 1.29 is 29.4 Å². The summed E-state index contributed by atoms with van der Waals surface area (Å²) in [5.74, 6) is 3.03. The quantitative estimate of drug-likeness (QED) is 0.239. The van der Waals surface area contributed by atoms with Crippen molar-refractivity contribution in [1.29, 1.82) is 0 Å². The lowest BCUT2D eigenvalue weighted by Crippen LogP contribution is -2.54. The number of hydrogen-bond acceptors (Lipinski definition) is 7. The second-order valence-corrected chi connectivity index (χ2v) is 13.0. The molecule has 3 saturated carbocycles. The number of benzene rings is 1. The fourth-order valence-electron chi connectivity index (χ4n) is 8.63. The molecule has 1 aromatic carbocycles. The summed E-state index contributed by atoms with van der Waals surface area (Å²) in [4.78, 5) is 30.6. The molecule has 4 aliphatic carbocycles. The van der Waals surface area contributed by atoms with Crippen molar-refractivity contribution in [2.45, 2.75) is 89.9 Å². The van der Waals surface area contributed by atoms with Crippen LogP contribution in [0.2, 0.25) is 0 Å². The van der Waals surface area contributed by atoms with Gasteiger partial charge in [0.05, 0.1) is 12.3 Å². The number of nitrogens with one attached hydrogen (secondary N) is 1. The van der Waals surface area contributed by atoms with Crippen LogP contribution in [0.25, 0.3) is 0 Å². The van der Waals surface area contributed by atoms with E-state index >= 15 is 0 Å². The Labute approximate surface area is 248 Å². The van der Waals surface area contributed by atoms with Crippen molar-refractivity contribution in [3.05, 3.63) is 47.5 Å². The molecule has 1 aromatic rings. The van der Waals surface area contributed by atoms with Gasteiger partial charge in [-0.3, -0.25) is 4.79 Å². The second kappa shape index (κ2) is 11.9. The maximum absolute atomic E-state index is 12.7. The normalized spacial score (nSPS) is 35.9. The number of carbonyl (C=O) groups excluding carboxylic acids is 2. The number of rotatable bonds is 8. The third-order valence-corrected chi connectivity index (χ3v) is 11.1. The standard InChI is InChI=1S/C34H44N2O6/c1-5-34(40)19-16-27-25-13-12-23-20-24(14-17-32(23,3)26(25)15-18-33(27,34)4)36-42-21-28(37)35-29(31(39)41-6-2)30(38)22-10-8-7-9-11-22/h1,7-11,20,25-27,29-30,38,40H,6,12-19,21H2,2-4H3,(H,35,37)/b36-24+/t25-,26-,27-,29+,30+,32+,33+,34-/m1/s1. The Balaban J connectivity index is 1.21. The molecule has 3 fully saturated rings. The third-order valence-electron chi connectivity index (χ3n) is 11.1. The van der Waals surface area contributed by atoms with E-state index in [9.17, 15) is 19.8 Å². The van der Waals surface area contributed by atoms with E-state index in [2.05, 4.69) is 36.3 Å². The summed E-state index contributed by atoms with van der Waals surface area (Å²) in [5, 5.41) is 28.8. The highest BCUT2D eigenvalue weighted by Crippen LogP contribution is 2.67. The van der Waals surface area contributed by atoms with E-state index in [1.54, 1.807) is 37.3 Å². The number of hydrogen-bond donors (Lipinski definition) is 3. The van der Waals surface area contributed by atoms with Gasteiger partial charge >= 0.3 is 5.97 Å². The largest absolute Gasteiger partial charge is 0.464 e. The van der Waals surface area contributed by atoms with Gasteiger partial charge in [0.15, 0.2) is 12.6 Å². The summed E-state index contributed by atoms with van der Waals surface area (Å²) in [6, 6.07) is 7.39. The average Bonchev–Trinajstić information content (AvgIpc) is 3.27. The van der Waals surface area contributed by atoms with E-state index in [1.165, 1.54) is 5.57 Å². The highest BCUT2D eigenvalue weighted by molar-refractivity contribution is 5.96. The molecule has 0 radical (unpaired) electrons. The van der Waals surface area contributed by atoms with Gasteiger partial charge in [-0.1, -0.05) is 60.8 Å². The first-order valence-electron chi connectivity index (χ1n) is 15.4. The Hall–Kier alpha value is -3.15. The highest BCUT2D eigenvalue weighted by atomic mass is 16.6. The zero-order valence-corrected chi connectivity index (χ0v) is 25.0. The first-order chi connectivity index (χ1) is 20.1. The topological polar surface area (TPSA) is 117 Å². The summed E-state index contributed by atoms with van der Waals surface area (Å²) in [7, 11) is 0. The summed E-state index contributed by atoms with van der Waals surface area (Å²) in [6.45, 7) is 6.01. The van der Waals surface area contributed by atoms with Crippen molar-refractivity contribution >= 4 is 17.6 Å². The van der Waals surface area contributed by atoms with Crippen LogP contribution in [0.3, 0.4) is 0 Å². The molecule has 0 heterocycles. The molecule has 8 atom stereocenters. The van der Waals surface area contributed by atoms with E-state index < -0.39 is 29.6 Å². The Bertz CT molecular complexity index is 1290.